The van der Waals surface area contributed by atoms with E-state index in [9.17, 15) is 5.11 Å². The largest absolute Gasteiger partial charge is 0.496 e. The van der Waals surface area contributed by atoms with Crippen molar-refractivity contribution in [2.45, 2.75) is 57.3 Å². The van der Waals surface area contributed by atoms with Crippen LogP contribution in [0, 0.1) is 5.92 Å². The maximum absolute atomic E-state index is 10.2. The van der Waals surface area contributed by atoms with Crippen LogP contribution in [0.2, 0.25) is 0 Å². The topological polar surface area (TPSA) is 132 Å². The Balaban J connectivity index is 1.30. The van der Waals surface area contributed by atoms with Crippen LogP contribution in [0.4, 0.5) is 11.8 Å². The van der Waals surface area contributed by atoms with Gasteiger partial charge in [-0.15, -0.1) is 0 Å². The highest BCUT2D eigenvalue weighted by Gasteiger charge is 2.29. The molecule has 10 nitrogen and oxygen atoms in total. The Morgan fingerprint density at radius 3 is 2.83 bits per heavy atom. The van der Waals surface area contributed by atoms with Gasteiger partial charge < -0.3 is 30.9 Å². The number of rotatable bonds is 11. The van der Waals surface area contributed by atoms with E-state index in [0.29, 0.717) is 42.8 Å². The van der Waals surface area contributed by atoms with Crippen LogP contribution in [0.1, 0.15) is 43.2 Å². The van der Waals surface area contributed by atoms with E-state index in [-0.39, 0.29) is 12.1 Å². The Kier molecular flexibility index (Phi) is 7.31. The van der Waals surface area contributed by atoms with Crippen molar-refractivity contribution in [3.63, 3.8) is 0 Å². The van der Waals surface area contributed by atoms with E-state index in [4.69, 9.17) is 15.2 Å². The number of aliphatic hydroxyl groups excluding tert-OH is 1. The van der Waals surface area contributed by atoms with Crippen LogP contribution in [0.5, 0.6) is 5.75 Å². The summed E-state index contributed by atoms with van der Waals surface area (Å²) < 4.78 is 13.0. The highest BCUT2D eigenvalue weighted by atomic mass is 16.5. The van der Waals surface area contributed by atoms with Crippen molar-refractivity contribution in [2.75, 3.05) is 37.9 Å². The van der Waals surface area contributed by atoms with Crippen molar-refractivity contribution in [3.05, 3.63) is 35.5 Å². The summed E-state index contributed by atoms with van der Waals surface area (Å²) in [6.07, 6.45) is 6.42. The molecule has 1 aliphatic carbocycles. The zero-order valence-corrected chi connectivity index (χ0v) is 20.2. The van der Waals surface area contributed by atoms with Crippen LogP contribution in [-0.2, 0) is 17.8 Å². The Labute approximate surface area is 205 Å². The summed E-state index contributed by atoms with van der Waals surface area (Å²) in [5.41, 5.74) is 9.59. The standard InChI is InChI=1S/C25H35N7O3/c1-34-22-12-16(13-28-19-7-10-35-11-8-19)2-3-18(22)15-32-23-20(14-29-32)30-25(26)31-24(23)27-9-6-21(33)17-4-5-17/h2-3,12,14,17,19,21,28,33H,4-11,13,15H2,1H3,(H3,26,27,30,31)/t21-/m1/s1. The number of aliphatic hydroxyl groups is 1. The molecule has 10 heteroatoms. The summed E-state index contributed by atoms with van der Waals surface area (Å²) in [5.74, 6) is 2.09. The highest BCUT2D eigenvalue weighted by molar-refractivity contribution is 5.86. The highest BCUT2D eigenvalue weighted by Crippen LogP contribution is 2.34. The van der Waals surface area contributed by atoms with E-state index in [1.54, 1.807) is 13.3 Å². The summed E-state index contributed by atoms with van der Waals surface area (Å²) in [6.45, 7) is 3.55. The molecule has 3 heterocycles. The lowest BCUT2D eigenvalue weighted by atomic mass is 10.1. The van der Waals surface area contributed by atoms with Gasteiger partial charge in [0, 0.05) is 37.9 Å². The second-order valence-electron chi connectivity index (χ2n) is 9.50. The van der Waals surface area contributed by atoms with Crippen molar-refractivity contribution in [3.8, 4) is 5.75 Å². The lowest BCUT2D eigenvalue weighted by Gasteiger charge is -2.23. The molecule has 2 aromatic heterocycles. The van der Waals surface area contributed by atoms with E-state index in [1.165, 1.54) is 5.56 Å². The van der Waals surface area contributed by atoms with Crippen LogP contribution in [-0.4, -0.2) is 63.9 Å². The average molecular weight is 482 g/mol. The van der Waals surface area contributed by atoms with E-state index < -0.39 is 0 Å². The fourth-order valence-electron chi connectivity index (χ4n) is 4.67. The van der Waals surface area contributed by atoms with E-state index in [1.807, 2.05) is 4.68 Å². The number of aromatic nitrogens is 4. The van der Waals surface area contributed by atoms with Gasteiger partial charge in [-0.2, -0.15) is 10.1 Å². The SMILES string of the molecule is COc1cc(CNC2CCOCC2)ccc1Cn1ncc2nc(N)nc(NCC[C@@H](O)C3CC3)c21. The predicted octanol–water partition coefficient (Wildman–Crippen LogP) is 2.31. The number of nitrogen functional groups attached to an aromatic ring is 1. The molecule has 0 amide bonds. The first kappa shape index (κ1) is 23.8. The monoisotopic (exact) mass is 481 g/mol. The molecule has 1 aliphatic heterocycles. The number of fused-ring (bicyclic) bond motifs is 1. The molecule has 1 aromatic carbocycles. The van der Waals surface area contributed by atoms with Crippen LogP contribution in [0.25, 0.3) is 11.0 Å². The zero-order chi connectivity index (χ0) is 24.2. The number of nitrogens with zero attached hydrogens (tertiary/aromatic N) is 4. The molecular formula is C25H35N7O3. The summed E-state index contributed by atoms with van der Waals surface area (Å²) >= 11 is 0. The summed E-state index contributed by atoms with van der Waals surface area (Å²) in [5, 5.41) is 21.7. The average Bonchev–Trinajstić information content (AvgIpc) is 3.65. The smallest absolute Gasteiger partial charge is 0.222 e. The number of hydrogen-bond donors (Lipinski definition) is 4. The first-order chi connectivity index (χ1) is 17.1. The quantitative estimate of drug-likeness (QED) is 0.326. The van der Waals surface area contributed by atoms with Gasteiger partial charge >= 0.3 is 0 Å². The van der Waals surface area contributed by atoms with Crippen LogP contribution < -0.4 is 21.1 Å². The van der Waals surface area contributed by atoms with Gasteiger partial charge in [-0.25, -0.2) is 4.98 Å². The van der Waals surface area contributed by atoms with Gasteiger partial charge in [0.25, 0.3) is 0 Å². The molecule has 0 spiro atoms. The van der Waals surface area contributed by atoms with Crippen molar-refractivity contribution >= 4 is 22.8 Å². The zero-order valence-electron chi connectivity index (χ0n) is 20.2. The third kappa shape index (κ3) is 5.83. The summed E-state index contributed by atoms with van der Waals surface area (Å²) in [4.78, 5) is 8.77. The lowest BCUT2D eigenvalue weighted by Crippen LogP contribution is -2.34. The summed E-state index contributed by atoms with van der Waals surface area (Å²) in [7, 11) is 1.69. The number of nitrogens with one attached hydrogen (secondary N) is 2. The third-order valence-electron chi connectivity index (χ3n) is 6.89. The molecule has 2 aliphatic rings. The maximum Gasteiger partial charge on any atom is 0.222 e. The Morgan fingerprint density at radius 2 is 2.06 bits per heavy atom. The molecule has 5 rings (SSSR count). The molecule has 35 heavy (non-hydrogen) atoms. The van der Waals surface area contributed by atoms with E-state index >= 15 is 0 Å². The normalized spacial score (nSPS) is 17.5. The molecule has 1 saturated carbocycles. The number of ether oxygens (including phenoxy) is 2. The molecule has 5 N–H and O–H groups in total. The van der Waals surface area contributed by atoms with Gasteiger partial charge in [0.1, 0.15) is 16.8 Å². The van der Waals surface area contributed by atoms with Crippen molar-refractivity contribution in [1.82, 2.24) is 25.1 Å². The molecule has 2 fully saturated rings. The first-order valence-electron chi connectivity index (χ1n) is 12.5. The molecular weight excluding hydrogens is 446 g/mol. The molecule has 188 valence electrons. The molecule has 0 unspecified atom stereocenters. The minimum atomic E-state index is -0.272. The molecule has 3 aromatic rings. The predicted molar refractivity (Wildman–Crippen MR) is 134 cm³/mol. The number of methoxy groups -OCH3 is 1. The van der Waals surface area contributed by atoms with Gasteiger partial charge in [0.05, 0.1) is 26.0 Å². The van der Waals surface area contributed by atoms with Gasteiger partial charge in [0.2, 0.25) is 5.95 Å². The fraction of sp³-hybridized carbons (Fsp3) is 0.560. The summed E-state index contributed by atoms with van der Waals surface area (Å²) in [6, 6.07) is 6.79. The molecule has 1 atom stereocenters. The van der Waals surface area contributed by atoms with Gasteiger partial charge in [-0.05, 0) is 49.7 Å². The Morgan fingerprint density at radius 1 is 1.23 bits per heavy atom. The number of nitrogens with two attached hydrogens (primary N) is 1. The second kappa shape index (κ2) is 10.8. The van der Waals surface area contributed by atoms with Crippen molar-refractivity contribution in [2.24, 2.45) is 5.92 Å². The van der Waals surface area contributed by atoms with Gasteiger partial charge in [-0.3, -0.25) is 4.68 Å². The number of hydrogen-bond acceptors (Lipinski definition) is 9. The Hall–Kier alpha value is -2.95. The minimum Gasteiger partial charge on any atom is -0.496 e. The first-order valence-corrected chi connectivity index (χ1v) is 12.5. The van der Waals surface area contributed by atoms with Gasteiger partial charge in [0.15, 0.2) is 5.82 Å². The van der Waals surface area contributed by atoms with Crippen molar-refractivity contribution in [1.29, 1.82) is 0 Å². The third-order valence-corrected chi connectivity index (χ3v) is 6.89. The fourth-order valence-corrected chi connectivity index (χ4v) is 4.67. The number of benzene rings is 1. The molecule has 1 saturated heterocycles. The molecule has 0 bridgehead atoms. The van der Waals surface area contributed by atoms with E-state index in [2.05, 4.69) is 43.9 Å². The van der Waals surface area contributed by atoms with Crippen LogP contribution >= 0.6 is 0 Å². The lowest BCUT2D eigenvalue weighted by molar-refractivity contribution is 0.0776. The van der Waals surface area contributed by atoms with Crippen LogP contribution in [0.3, 0.4) is 0 Å². The Bertz CT molecular complexity index is 1140. The minimum absolute atomic E-state index is 0.196. The van der Waals surface area contributed by atoms with Crippen molar-refractivity contribution < 1.29 is 14.6 Å². The molecule has 0 radical (unpaired) electrons. The number of anilines is 2. The maximum atomic E-state index is 10.2. The van der Waals surface area contributed by atoms with Crippen LogP contribution in [0.15, 0.2) is 24.4 Å². The van der Waals surface area contributed by atoms with E-state index in [0.717, 1.165) is 62.3 Å². The second-order valence-corrected chi connectivity index (χ2v) is 9.50. The van der Waals surface area contributed by atoms with Gasteiger partial charge in [-0.1, -0.05) is 12.1 Å².